The molecule has 0 N–H and O–H groups in total. The Kier molecular flexibility index (Phi) is 7.67. The first-order valence-corrected chi connectivity index (χ1v) is 9.38. The van der Waals surface area contributed by atoms with Crippen LogP contribution in [0.25, 0.3) is 11.1 Å². The Bertz CT molecular complexity index is 737. The molecule has 4 heteroatoms. The summed E-state index contributed by atoms with van der Waals surface area (Å²) in [6.07, 6.45) is 8.88. The lowest BCUT2D eigenvalue weighted by molar-refractivity contribution is 0.492. The zero-order chi connectivity index (χ0) is 19.1. The van der Waals surface area contributed by atoms with Crippen LogP contribution in [0, 0.1) is 30.2 Å². The lowest BCUT2D eigenvalue weighted by Crippen LogP contribution is -2.00. The van der Waals surface area contributed by atoms with E-state index in [0.717, 1.165) is 30.9 Å². The highest BCUT2D eigenvalue weighted by atomic mass is 19.2. The second-order valence-corrected chi connectivity index (χ2v) is 6.86. The first-order chi connectivity index (χ1) is 12.5. The van der Waals surface area contributed by atoms with Gasteiger partial charge in [0.25, 0.3) is 0 Å². The van der Waals surface area contributed by atoms with E-state index in [9.17, 15) is 17.6 Å². The normalized spacial score (nSPS) is 11.2. The van der Waals surface area contributed by atoms with Crippen LogP contribution in [0.5, 0.6) is 0 Å². The lowest BCUT2D eigenvalue weighted by Gasteiger charge is -2.11. The summed E-state index contributed by atoms with van der Waals surface area (Å²) in [7, 11) is 0. The van der Waals surface area contributed by atoms with Crippen molar-refractivity contribution >= 4 is 0 Å². The van der Waals surface area contributed by atoms with E-state index in [1.807, 2.05) is 0 Å². The number of hydrogen-bond donors (Lipinski definition) is 0. The van der Waals surface area contributed by atoms with Crippen molar-refractivity contribution in [3.8, 4) is 11.1 Å². The van der Waals surface area contributed by atoms with Crippen LogP contribution in [0.4, 0.5) is 17.6 Å². The first kappa shape index (κ1) is 20.5. The van der Waals surface area contributed by atoms with Gasteiger partial charge in [0, 0.05) is 5.56 Å². The monoisotopic (exact) mass is 366 g/mol. The lowest BCUT2D eigenvalue weighted by atomic mass is 9.98. The molecule has 0 saturated carbocycles. The van der Waals surface area contributed by atoms with Gasteiger partial charge in [0.15, 0.2) is 11.6 Å². The van der Waals surface area contributed by atoms with E-state index in [1.165, 1.54) is 51.2 Å². The molecule has 2 aromatic rings. The van der Waals surface area contributed by atoms with Crippen molar-refractivity contribution in [2.24, 2.45) is 0 Å². The van der Waals surface area contributed by atoms with E-state index < -0.39 is 28.8 Å². The van der Waals surface area contributed by atoms with Gasteiger partial charge in [-0.25, -0.2) is 17.6 Å². The highest BCUT2D eigenvalue weighted by Gasteiger charge is 2.20. The molecule has 0 saturated heterocycles. The maximum absolute atomic E-state index is 14.4. The fourth-order valence-corrected chi connectivity index (χ4v) is 3.16. The van der Waals surface area contributed by atoms with Crippen LogP contribution in [0.1, 0.15) is 63.0 Å². The van der Waals surface area contributed by atoms with Crippen LogP contribution >= 0.6 is 0 Å². The van der Waals surface area contributed by atoms with Crippen molar-refractivity contribution < 1.29 is 17.6 Å². The van der Waals surface area contributed by atoms with Gasteiger partial charge >= 0.3 is 0 Å². The molecule has 0 spiro atoms. The molecule has 2 aromatic carbocycles. The molecular weight excluding hydrogens is 340 g/mol. The number of unbranched alkanes of at least 4 members (excludes halogenated alkanes) is 6. The van der Waals surface area contributed by atoms with Gasteiger partial charge in [0.1, 0.15) is 11.6 Å². The Balaban J connectivity index is 2.03. The molecule has 0 aromatic heterocycles. The summed E-state index contributed by atoms with van der Waals surface area (Å²) < 4.78 is 56.3. The number of rotatable bonds is 9. The number of halogens is 4. The predicted molar refractivity (Wildman–Crippen MR) is 98.1 cm³/mol. The van der Waals surface area contributed by atoms with Crippen LogP contribution in [0.2, 0.25) is 0 Å². The Morgan fingerprint density at radius 1 is 0.731 bits per heavy atom. The van der Waals surface area contributed by atoms with E-state index in [2.05, 4.69) is 6.92 Å². The molecule has 26 heavy (non-hydrogen) atoms. The average Bonchev–Trinajstić information content (AvgIpc) is 2.60. The minimum atomic E-state index is -1.35. The van der Waals surface area contributed by atoms with E-state index in [1.54, 1.807) is 6.07 Å². The fourth-order valence-electron chi connectivity index (χ4n) is 3.16. The van der Waals surface area contributed by atoms with Crippen LogP contribution in [0.15, 0.2) is 24.3 Å². The highest BCUT2D eigenvalue weighted by molar-refractivity contribution is 5.66. The van der Waals surface area contributed by atoms with Crippen molar-refractivity contribution in [1.82, 2.24) is 0 Å². The number of aryl methyl sites for hydroxylation is 2. The van der Waals surface area contributed by atoms with Gasteiger partial charge in [-0.2, -0.15) is 0 Å². The maximum atomic E-state index is 14.4. The van der Waals surface area contributed by atoms with Crippen molar-refractivity contribution in [1.29, 1.82) is 0 Å². The van der Waals surface area contributed by atoms with Crippen molar-refractivity contribution in [3.63, 3.8) is 0 Å². The minimum Gasteiger partial charge on any atom is -0.206 e. The quantitative estimate of drug-likeness (QED) is 0.245. The average molecular weight is 366 g/mol. The smallest absolute Gasteiger partial charge is 0.169 e. The maximum Gasteiger partial charge on any atom is 0.169 e. The molecule has 0 radical (unpaired) electrons. The summed E-state index contributed by atoms with van der Waals surface area (Å²) in [6, 6.07) is 5.18. The predicted octanol–water partition coefficient (Wildman–Crippen LogP) is 7.51. The van der Waals surface area contributed by atoms with E-state index >= 15 is 0 Å². The summed E-state index contributed by atoms with van der Waals surface area (Å²) in [4.78, 5) is 0. The summed E-state index contributed by atoms with van der Waals surface area (Å²) in [5.74, 6) is -4.18. The molecule has 0 atom stereocenters. The molecule has 0 heterocycles. The summed E-state index contributed by atoms with van der Waals surface area (Å²) in [5, 5.41) is 0. The molecule has 0 amide bonds. The Hall–Kier alpha value is -1.84. The SMILES string of the molecule is CCCCCCCCCc1ccc(-c2c(F)cc(C)c(F)c2F)c(F)c1. The minimum absolute atomic E-state index is 0.139. The molecule has 0 bridgehead atoms. The number of hydrogen-bond acceptors (Lipinski definition) is 0. The summed E-state index contributed by atoms with van der Waals surface area (Å²) >= 11 is 0. The van der Waals surface area contributed by atoms with Gasteiger partial charge in [0.05, 0.1) is 5.56 Å². The third-order valence-electron chi connectivity index (χ3n) is 4.71. The van der Waals surface area contributed by atoms with Gasteiger partial charge in [-0.15, -0.1) is 0 Å². The Morgan fingerprint density at radius 2 is 1.38 bits per heavy atom. The number of benzene rings is 2. The summed E-state index contributed by atoms with van der Waals surface area (Å²) in [5.41, 5.74) is -0.247. The van der Waals surface area contributed by atoms with Crippen LogP contribution in [0.3, 0.4) is 0 Å². The second-order valence-electron chi connectivity index (χ2n) is 6.86. The van der Waals surface area contributed by atoms with Gasteiger partial charge < -0.3 is 0 Å². The van der Waals surface area contributed by atoms with E-state index in [-0.39, 0.29) is 11.1 Å². The largest absolute Gasteiger partial charge is 0.206 e. The van der Waals surface area contributed by atoms with Gasteiger partial charge in [0.2, 0.25) is 0 Å². The summed E-state index contributed by atoms with van der Waals surface area (Å²) in [6.45, 7) is 3.45. The molecular formula is C22H26F4. The molecule has 0 aliphatic heterocycles. The van der Waals surface area contributed by atoms with Crippen molar-refractivity contribution in [3.05, 3.63) is 58.7 Å². The van der Waals surface area contributed by atoms with Crippen LogP contribution in [-0.2, 0) is 6.42 Å². The molecule has 0 aliphatic carbocycles. The molecule has 142 valence electrons. The van der Waals surface area contributed by atoms with E-state index in [4.69, 9.17) is 0 Å². The molecule has 0 fully saturated rings. The first-order valence-electron chi connectivity index (χ1n) is 9.38. The van der Waals surface area contributed by atoms with Gasteiger partial charge in [-0.3, -0.25) is 0 Å². The van der Waals surface area contributed by atoms with Gasteiger partial charge in [-0.1, -0.05) is 57.6 Å². The Labute approximate surface area is 153 Å². The van der Waals surface area contributed by atoms with E-state index in [0.29, 0.717) is 0 Å². The van der Waals surface area contributed by atoms with Crippen molar-refractivity contribution in [2.75, 3.05) is 0 Å². The molecule has 0 nitrogen and oxygen atoms in total. The second kappa shape index (κ2) is 9.75. The van der Waals surface area contributed by atoms with Crippen LogP contribution in [-0.4, -0.2) is 0 Å². The fraction of sp³-hybridized carbons (Fsp3) is 0.455. The molecule has 0 aliphatic rings. The highest BCUT2D eigenvalue weighted by Crippen LogP contribution is 2.32. The third kappa shape index (κ3) is 5.09. The van der Waals surface area contributed by atoms with Crippen molar-refractivity contribution in [2.45, 2.75) is 65.2 Å². The zero-order valence-electron chi connectivity index (χ0n) is 15.5. The third-order valence-corrected chi connectivity index (χ3v) is 4.71. The van der Waals surface area contributed by atoms with Crippen LogP contribution < -0.4 is 0 Å². The molecule has 0 unspecified atom stereocenters. The molecule has 2 rings (SSSR count). The standard InChI is InChI=1S/C22H26F4/c1-3-4-5-6-7-8-9-10-16-11-12-17(18(23)14-16)20-19(24)13-15(2)21(25)22(20)26/h11-14H,3-10H2,1-2H3. The zero-order valence-corrected chi connectivity index (χ0v) is 15.5. The Morgan fingerprint density at radius 3 is 2.04 bits per heavy atom. The van der Waals surface area contributed by atoms with Gasteiger partial charge in [-0.05, 0) is 43.0 Å². The topological polar surface area (TPSA) is 0 Å².